The Morgan fingerprint density at radius 1 is 1.63 bits per heavy atom. The van der Waals surface area contributed by atoms with Crippen LogP contribution in [0.3, 0.4) is 0 Å². The lowest BCUT2D eigenvalue weighted by molar-refractivity contribution is -0.151. The van der Waals surface area contributed by atoms with Crippen molar-refractivity contribution < 1.29 is 14.7 Å². The highest BCUT2D eigenvalue weighted by molar-refractivity contribution is 7.10. The average Bonchev–Trinajstić information content (AvgIpc) is 2.84. The molecule has 0 aliphatic carbocycles. The number of hydrogen-bond donors (Lipinski definition) is 2. The van der Waals surface area contributed by atoms with E-state index in [1.807, 2.05) is 18.4 Å². The van der Waals surface area contributed by atoms with Gasteiger partial charge in [0.25, 0.3) is 0 Å². The van der Waals surface area contributed by atoms with Gasteiger partial charge in [-0.1, -0.05) is 6.92 Å². The second-order valence-corrected chi connectivity index (χ2v) is 5.92. The minimum Gasteiger partial charge on any atom is -0.479 e. The van der Waals surface area contributed by atoms with Gasteiger partial charge in [0, 0.05) is 17.8 Å². The Morgan fingerprint density at radius 3 is 3.00 bits per heavy atom. The van der Waals surface area contributed by atoms with Crippen molar-refractivity contribution in [3.63, 3.8) is 0 Å². The van der Waals surface area contributed by atoms with Gasteiger partial charge in [0.05, 0.1) is 0 Å². The van der Waals surface area contributed by atoms with Gasteiger partial charge in [0.2, 0.25) is 5.91 Å². The number of carbonyl (C=O) groups excluding carboxylic acids is 1. The highest BCUT2D eigenvalue weighted by Crippen LogP contribution is 2.34. The van der Waals surface area contributed by atoms with Gasteiger partial charge < -0.3 is 15.7 Å². The molecule has 1 aliphatic rings. The molecule has 0 spiro atoms. The zero-order chi connectivity index (χ0) is 14.0. The molecule has 0 aromatic carbocycles. The first kappa shape index (κ1) is 14.0. The van der Waals surface area contributed by atoms with Crippen LogP contribution in [0.2, 0.25) is 0 Å². The summed E-state index contributed by atoms with van der Waals surface area (Å²) in [4.78, 5) is 26.2. The van der Waals surface area contributed by atoms with Crippen molar-refractivity contribution in [1.82, 2.24) is 4.90 Å². The lowest BCUT2D eigenvalue weighted by atomic mass is 9.98. The molecule has 5 nitrogen and oxygen atoms in total. The molecular weight excluding hydrogens is 264 g/mol. The molecule has 1 amide bonds. The Bertz CT molecular complexity index is 486. The molecule has 2 unspecified atom stereocenters. The Labute approximate surface area is 116 Å². The molecule has 1 aromatic rings. The van der Waals surface area contributed by atoms with E-state index in [4.69, 9.17) is 5.73 Å². The molecule has 2 atom stereocenters. The third kappa shape index (κ3) is 2.79. The first-order chi connectivity index (χ1) is 9.04. The molecule has 1 aromatic heterocycles. The maximum atomic E-state index is 12.2. The van der Waals surface area contributed by atoms with E-state index in [9.17, 15) is 14.7 Å². The Balaban J connectivity index is 2.22. The van der Waals surface area contributed by atoms with Crippen LogP contribution in [-0.4, -0.2) is 35.0 Å². The van der Waals surface area contributed by atoms with Crippen molar-refractivity contribution in [3.8, 4) is 0 Å². The maximum absolute atomic E-state index is 12.2. The molecular formula is C13H18N2O3S. The number of hydrogen-bond acceptors (Lipinski definition) is 4. The SMILES string of the molecule is CC(CN)CC(=O)N1CCc2sccc2C1C(=O)O. The molecule has 0 saturated carbocycles. The first-order valence-electron chi connectivity index (χ1n) is 6.33. The number of amides is 1. The van der Waals surface area contributed by atoms with Gasteiger partial charge in [-0.25, -0.2) is 4.79 Å². The molecule has 104 valence electrons. The number of carbonyl (C=O) groups is 2. The second-order valence-electron chi connectivity index (χ2n) is 4.92. The fourth-order valence-corrected chi connectivity index (χ4v) is 3.25. The third-order valence-electron chi connectivity index (χ3n) is 3.45. The van der Waals surface area contributed by atoms with Gasteiger partial charge in [-0.15, -0.1) is 11.3 Å². The largest absolute Gasteiger partial charge is 0.479 e. The van der Waals surface area contributed by atoms with Crippen LogP contribution in [0.4, 0.5) is 0 Å². The highest BCUT2D eigenvalue weighted by atomic mass is 32.1. The van der Waals surface area contributed by atoms with Crippen molar-refractivity contribution in [3.05, 3.63) is 21.9 Å². The van der Waals surface area contributed by atoms with Crippen molar-refractivity contribution in [2.45, 2.75) is 25.8 Å². The average molecular weight is 282 g/mol. The normalized spacial score (nSPS) is 19.9. The number of fused-ring (bicyclic) bond motifs is 1. The van der Waals surface area contributed by atoms with Crippen molar-refractivity contribution in [2.24, 2.45) is 11.7 Å². The number of thiophene rings is 1. The number of carboxylic acid groups (broad SMARTS) is 1. The zero-order valence-corrected chi connectivity index (χ0v) is 11.7. The molecule has 0 saturated heterocycles. The van der Waals surface area contributed by atoms with E-state index in [1.54, 1.807) is 11.3 Å². The summed E-state index contributed by atoms with van der Waals surface area (Å²) in [5.74, 6) is -1.01. The summed E-state index contributed by atoms with van der Waals surface area (Å²) in [6, 6.07) is 0.970. The van der Waals surface area contributed by atoms with Crippen LogP contribution in [0.1, 0.15) is 29.8 Å². The monoisotopic (exact) mass is 282 g/mol. The van der Waals surface area contributed by atoms with Gasteiger partial charge in [-0.2, -0.15) is 0 Å². The van der Waals surface area contributed by atoms with E-state index < -0.39 is 12.0 Å². The molecule has 3 N–H and O–H groups in total. The molecule has 19 heavy (non-hydrogen) atoms. The smallest absolute Gasteiger partial charge is 0.331 e. The van der Waals surface area contributed by atoms with Crippen molar-refractivity contribution in [2.75, 3.05) is 13.1 Å². The molecule has 1 aliphatic heterocycles. The standard InChI is InChI=1S/C13H18N2O3S/c1-8(7-14)6-11(16)15-4-2-10-9(3-5-19-10)12(15)13(17)18/h3,5,8,12H,2,4,6-7,14H2,1H3,(H,17,18). The van der Waals surface area contributed by atoms with Gasteiger partial charge in [0.1, 0.15) is 0 Å². The lowest BCUT2D eigenvalue weighted by Gasteiger charge is -2.33. The fraction of sp³-hybridized carbons (Fsp3) is 0.538. The number of rotatable bonds is 4. The molecule has 0 fully saturated rings. The highest BCUT2D eigenvalue weighted by Gasteiger charge is 2.36. The quantitative estimate of drug-likeness (QED) is 0.870. The van der Waals surface area contributed by atoms with Gasteiger partial charge >= 0.3 is 5.97 Å². The summed E-state index contributed by atoms with van der Waals surface area (Å²) in [7, 11) is 0. The maximum Gasteiger partial charge on any atom is 0.331 e. The zero-order valence-electron chi connectivity index (χ0n) is 10.8. The van der Waals surface area contributed by atoms with E-state index in [2.05, 4.69) is 0 Å². The van der Waals surface area contributed by atoms with Crippen LogP contribution < -0.4 is 5.73 Å². The van der Waals surface area contributed by atoms with E-state index >= 15 is 0 Å². The number of aliphatic carboxylic acids is 1. The first-order valence-corrected chi connectivity index (χ1v) is 7.21. The number of nitrogens with zero attached hydrogens (tertiary/aromatic N) is 1. The van der Waals surface area contributed by atoms with Crippen LogP contribution in [0.5, 0.6) is 0 Å². The molecule has 0 bridgehead atoms. The molecule has 0 radical (unpaired) electrons. The number of nitrogens with two attached hydrogens (primary N) is 1. The van der Waals surface area contributed by atoms with E-state index in [0.717, 1.165) is 16.9 Å². The lowest BCUT2D eigenvalue weighted by Crippen LogP contribution is -2.43. The summed E-state index contributed by atoms with van der Waals surface area (Å²) < 4.78 is 0. The summed E-state index contributed by atoms with van der Waals surface area (Å²) in [6.45, 7) is 2.80. The summed E-state index contributed by atoms with van der Waals surface area (Å²) >= 11 is 1.56. The van der Waals surface area contributed by atoms with Crippen LogP contribution in [0, 0.1) is 5.92 Å². The predicted molar refractivity (Wildman–Crippen MR) is 72.9 cm³/mol. The Morgan fingerprint density at radius 2 is 2.37 bits per heavy atom. The minimum atomic E-state index is -0.965. The second kappa shape index (κ2) is 5.71. The van der Waals surface area contributed by atoms with Crippen LogP contribution in [0.25, 0.3) is 0 Å². The van der Waals surface area contributed by atoms with Crippen LogP contribution >= 0.6 is 11.3 Å². The molecule has 2 heterocycles. The van der Waals surface area contributed by atoms with Crippen molar-refractivity contribution >= 4 is 23.2 Å². The minimum absolute atomic E-state index is 0.0748. The third-order valence-corrected chi connectivity index (χ3v) is 4.44. The Kier molecular flexibility index (Phi) is 4.21. The van der Waals surface area contributed by atoms with Gasteiger partial charge in [-0.3, -0.25) is 4.79 Å². The van der Waals surface area contributed by atoms with Crippen LogP contribution in [0.15, 0.2) is 11.4 Å². The summed E-state index contributed by atoms with van der Waals surface area (Å²) in [5.41, 5.74) is 6.28. The van der Waals surface area contributed by atoms with Crippen molar-refractivity contribution in [1.29, 1.82) is 0 Å². The number of carboxylic acids is 1. The molecule has 6 heteroatoms. The van der Waals surface area contributed by atoms with Gasteiger partial charge in [0.15, 0.2) is 6.04 Å². The predicted octanol–water partition coefficient (Wildman–Crippen LogP) is 1.24. The van der Waals surface area contributed by atoms with E-state index in [-0.39, 0.29) is 11.8 Å². The summed E-state index contributed by atoms with van der Waals surface area (Å²) in [5, 5.41) is 11.3. The van der Waals surface area contributed by atoms with Gasteiger partial charge in [-0.05, 0) is 35.9 Å². The van der Waals surface area contributed by atoms with E-state index in [0.29, 0.717) is 19.5 Å². The van der Waals surface area contributed by atoms with Crippen LogP contribution in [-0.2, 0) is 16.0 Å². The summed E-state index contributed by atoms with van der Waals surface area (Å²) in [6.07, 6.45) is 1.04. The van der Waals surface area contributed by atoms with E-state index in [1.165, 1.54) is 4.90 Å². The topological polar surface area (TPSA) is 83.6 Å². The fourth-order valence-electron chi connectivity index (χ4n) is 2.35. The Hall–Kier alpha value is -1.40. The molecule has 2 rings (SSSR count).